The summed E-state index contributed by atoms with van der Waals surface area (Å²) in [6, 6.07) is 19.2. The average molecular weight is 445 g/mol. The molecular weight excluding hydrogens is 416 g/mol. The van der Waals surface area contributed by atoms with E-state index in [1.165, 1.54) is 0 Å². The lowest BCUT2D eigenvalue weighted by Crippen LogP contribution is -2.43. The lowest BCUT2D eigenvalue weighted by Gasteiger charge is -2.27. The summed E-state index contributed by atoms with van der Waals surface area (Å²) < 4.78 is 11.3. The van der Waals surface area contributed by atoms with Crippen molar-refractivity contribution >= 4 is 17.9 Å². The third kappa shape index (κ3) is 6.18. The number of hydrogen-bond donors (Lipinski definition) is 0. The number of benzene rings is 2. The largest absolute Gasteiger partial charge is 0.489 e. The Kier molecular flexibility index (Phi) is 8.17. The van der Waals surface area contributed by atoms with Crippen LogP contribution in [0.1, 0.15) is 38.3 Å². The Balaban J connectivity index is 1.75. The predicted octanol–water partition coefficient (Wildman–Crippen LogP) is 4.67. The number of nitrogens with zero attached hydrogens (tertiary/aromatic N) is 2. The fourth-order valence-corrected chi connectivity index (χ4v) is 3.44. The van der Waals surface area contributed by atoms with Gasteiger partial charge < -0.3 is 9.47 Å². The van der Waals surface area contributed by atoms with Gasteiger partial charge in [-0.05, 0) is 62.1 Å². The van der Waals surface area contributed by atoms with Crippen molar-refractivity contribution in [3.8, 4) is 11.8 Å². The first-order valence-corrected chi connectivity index (χ1v) is 11.0. The molecule has 0 spiro atoms. The van der Waals surface area contributed by atoms with E-state index >= 15 is 0 Å². The fraction of sp³-hybridized carbons (Fsp3) is 0.296. The van der Waals surface area contributed by atoms with Crippen LogP contribution in [0.15, 0.2) is 71.3 Å². The summed E-state index contributed by atoms with van der Waals surface area (Å²) in [6.07, 6.45) is 2.29. The summed E-state index contributed by atoms with van der Waals surface area (Å²) in [7, 11) is 0. The number of imide groups is 1. The van der Waals surface area contributed by atoms with E-state index in [1.807, 2.05) is 74.5 Å². The molecular formula is C27H28N2O4. The molecule has 1 aliphatic heterocycles. The van der Waals surface area contributed by atoms with Gasteiger partial charge in [-0.3, -0.25) is 14.5 Å². The molecule has 0 radical (unpaired) electrons. The number of amides is 2. The van der Waals surface area contributed by atoms with Crippen LogP contribution in [0.25, 0.3) is 6.08 Å². The zero-order chi connectivity index (χ0) is 23.8. The number of carbonyl (C=O) groups excluding carboxylic acids is 2. The van der Waals surface area contributed by atoms with Crippen molar-refractivity contribution in [2.45, 2.75) is 39.9 Å². The molecule has 33 heavy (non-hydrogen) atoms. The molecule has 3 rings (SSSR count). The zero-order valence-electron chi connectivity index (χ0n) is 19.2. The van der Waals surface area contributed by atoms with E-state index < -0.39 is 11.8 Å². The van der Waals surface area contributed by atoms with Gasteiger partial charge in [0, 0.05) is 18.7 Å². The molecule has 2 aromatic rings. The molecule has 0 fully saturated rings. The van der Waals surface area contributed by atoms with E-state index in [-0.39, 0.29) is 18.2 Å². The van der Waals surface area contributed by atoms with Gasteiger partial charge in [0.2, 0.25) is 0 Å². The number of nitriles is 1. The maximum atomic E-state index is 13.1. The summed E-state index contributed by atoms with van der Waals surface area (Å²) in [4.78, 5) is 26.9. The molecule has 2 aromatic carbocycles. The summed E-state index contributed by atoms with van der Waals surface area (Å²) in [5, 5.41) is 9.52. The van der Waals surface area contributed by atoms with E-state index in [0.29, 0.717) is 36.5 Å². The van der Waals surface area contributed by atoms with Crippen molar-refractivity contribution in [3.63, 3.8) is 0 Å². The highest BCUT2D eigenvalue weighted by molar-refractivity contribution is 6.19. The SMILES string of the molecule is CC1=C(C#N)C(=O)N(CCCOC(C)C)C(=O)/C1=C/c1ccc(OCc2ccccc2)cc1. The smallest absolute Gasteiger partial charge is 0.271 e. The second-order valence-corrected chi connectivity index (χ2v) is 8.05. The second-order valence-electron chi connectivity index (χ2n) is 8.05. The molecule has 0 N–H and O–H groups in total. The quantitative estimate of drug-likeness (QED) is 0.319. The van der Waals surface area contributed by atoms with Crippen LogP contribution < -0.4 is 4.74 Å². The number of rotatable bonds is 9. The minimum absolute atomic E-state index is 0.00607. The van der Waals surface area contributed by atoms with Gasteiger partial charge in [-0.2, -0.15) is 5.26 Å². The molecule has 170 valence electrons. The third-order valence-electron chi connectivity index (χ3n) is 5.24. The number of carbonyl (C=O) groups is 2. The first-order chi connectivity index (χ1) is 15.9. The van der Waals surface area contributed by atoms with Gasteiger partial charge in [0.05, 0.1) is 6.10 Å². The zero-order valence-corrected chi connectivity index (χ0v) is 19.2. The Hall–Kier alpha value is -3.69. The highest BCUT2D eigenvalue weighted by Gasteiger charge is 2.35. The van der Waals surface area contributed by atoms with Crippen molar-refractivity contribution < 1.29 is 19.1 Å². The van der Waals surface area contributed by atoms with Crippen LogP contribution in [-0.2, 0) is 20.9 Å². The highest BCUT2D eigenvalue weighted by atomic mass is 16.5. The molecule has 6 nitrogen and oxygen atoms in total. The van der Waals surface area contributed by atoms with Crippen LogP contribution in [0.3, 0.4) is 0 Å². The molecule has 0 aromatic heterocycles. The van der Waals surface area contributed by atoms with Crippen molar-refractivity contribution in [3.05, 3.63) is 82.4 Å². The Morgan fingerprint density at radius 2 is 1.73 bits per heavy atom. The van der Waals surface area contributed by atoms with Crippen molar-refractivity contribution in [2.24, 2.45) is 0 Å². The molecule has 0 bridgehead atoms. The molecule has 2 amide bonds. The minimum Gasteiger partial charge on any atom is -0.489 e. The van der Waals surface area contributed by atoms with Crippen LogP contribution in [-0.4, -0.2) is 36.0 Å². The van der Waals surface area contributed by atoms with Crippen LogP contribution in [0.4, 0.5) is 0 Å². The maximum absolute atomic E-state index is 13.1. The van der Waals surface area contributed by atoms with Crippen LogP contribution in [0.2, 0.25) is 0 Å². The van der Waals surface area contributed by atoms with Gasteiger partial charge in [-0.15, -0.1) is 0 Å². The van der Waals surface area contributed by atoms with Gasteiger partial charge in [0.15, 0.2) is 0 Å². The van der Waals surface area contributed by atoms with Gasteiger partial charge in [-0.1, -0.05) is 42.5 Å². The molecule has 6 heteroatoms. The summed E-state index contributed by atoms with van der Waals surface area (Å²) in [6.45, 7) is 6.59. The van der Waals surface area contributed by atoms with E-state index in [9.17, 15) is 14.9 Å². The summed E-state index contributed by atoms with van der Waals surface area (Å²) in [5.74, 6) is -0.236. The third-order valence-corrected chi connectivity index (χ3v) is 5.24. The molecule has 0 aliphatic carbocycles. The number of ether oxygens (including phenoxy) is 2. The van der Waals surface area contributed by atoms with E-state index in [2.05, 4.69) is 0 Å². The maximum Gasteiger partial charge on any atom is 0.271 e. The highest BCUT2D eigenvalue weighted by Crippen LogP contribution is 2.27. The average Bonchev–Trinajstić information content (AvgIpc) is 2.81. The van der Waals surface area contributed by atoms with Crippen LogP contribution in [0.5, 0.6) is 5.75 Å². The minimum atomic E-state index is -0.550. The lowest BCUT2D eigenvalue weighted by molar-refractivity contribution is -0.140. The predicted molar refractivity (Wildman–Crippen MR) is 126 cm³/mol. The Morgan fingerprint density at radius 3 is 2.36 bits per heavy atom. The van der Waals surface area contributed by atoms with E-state index in [0.717, 1.165) is 16.0 Å². The standard InChI is InChI=1S/C27H28N2O4/c1-19(2)32-15-7-14-29-26(30)24(20(3)25(17-28)27(29)31)16-21-10-12-23(13-11-21)33-18-22-8-5-4-6-9-22/h4-6,8-13,16,19H,7,14-15,18H2,1-3H3/b24-16+. The van der Waals surface area contributed by atoms with E-state index in [4.69, 9.17) is 9.47 Å². The second kappa shape index (κ2) is 11.3. The van der Waals surface area contributed by atoms with Crippen molar-refractivity contribution in [2.75, 3.05) is 13.2 Å². The molecule has 0 saturated carbocycles. The summed E-state index contributed by atoms with van der Waals surface area (Å²) >= 11 is 0. The van der Waals surface area contributed by atoms with Crippen LogP contribution >= 0.6 is 0 Å². The van der Waals surface area contributed by atoms with Crippen molar-refractivity contribution in [1.29, 1.82) is 5.26 Å². The monoisotopic (exact) mass is 444 g/mol. The Bertz CT molecular complexity index is 1090. The van der Waals surface area contributed by atoms with E-state index in [1.54, 1.807) is 13.0 Å². The Labute approximate surface area is 194 Å². The normalized spacial score (nSPS) is 15.4. The van der Waals surface area contributed by atoms with Crippen LogP contribution in [0, 0.1) is 11.3 Å². The van der Waals surface area contributed by atoms with Gasteiger partial charge >= 0.3 is 0 Å². The molecule has 1 aliphatic rings. The fourth-order valence-electron chi connectivity index (χ4n) is 3.44. The first kappa shape index (κ1) is 24.0. The van der Waals surface area contributed by atoms with Gasteiger partial charge in [0.1, 0.15) is 24.0 Å². The first-order valence-electron chi connectivity index (χ1n) is 11.0. The van der Waals surface area contributed by atoms with Gasteiger partial charge in [-0.25, -0.2) is 0 Å². The number of hydrogen-bond acceptors (Lipinski definition) is 5. The molecule has 0 saturated heterocycles. The van der Waals surface area contributed by atoms with Crippen molar-refractivity contribution in [1.82, 2.24) is 4.90 Å². The molecule has 1 heterocycles. The van der Waals surface area contributed by atoms with Gasteiger partial charge in [0.25, 0.3) is 11.8 Å². The lowest BCUT2D eigenvalue weighted by atomic mass is 9.93. The molecule has 0 atom stereocenters. The molecule has 0 unspecified atom stereocenters. The summed E-state index contributed by atoms with van der Waals surface area (Å²) in [5.41, 5.74) is 2.58. The topological polar surface area (TPSA) is 79.6 Å². The Morgan fingerprint density at radius 1 is 1.03 bits per heavy atom.